The van der Waals surface area contributed by atoms with Gasteiger partial charge in [-0.25, -0.2) is 0 Å². The fourth-order valence-corrected chi connectivity index (χ4v) is 3.49. The summed E-state index contributed by atoms with van der Waals surface area (Å²) >= 11 is 0. The standard InChI is InChI=1S/C16H26N2O4/c1-21-9-14(19)17-7-12-5-6-16(22-8-12)10-18(11-16)15(20)13-3-2-4-13/h12-13H,2-11H2,1H3,(H,17,19)/t12-/m1/s1. The summed E-state index contributed by atoms with van der Waals surface area (Å²) < 4.78 is 10.8. The second-order valence-corrected chi connectivity index (χ2v) is 6.96. The van der Waals surface area contributed by atoms with Crippen molar-refractivity contribution >= 4 is 11.8 Å². The average molecular weight is 310 g/mol. The maximum atomic E-state index is 12.1. The van der Waals surface area contributed by atoms with Crippen molar-refractivity contribution in [2.75, 3.05) is 40.0 Å². The van der Waals surface area contributed by atoms with Crippen molar-refractivity contribution in [1.82, 2.24) is 10.2 Å². The van der Waals surface area contributed by atoms with Gasteiger partial charge in [-0.05, 0) is 31.6 Å². The summed E-state index contributed by atoms with van der Waals surface area (Å²) in [6.45, 7) is 2.92. The van der Waals surface area contributed by atoms with E-state index in [2.05, 4.69) is 5.32 Å². The van der Waals surface area contributed by atoms with Crippen LogP contribution in [0.25, 0.3) is 0 Å². The second kappa shape index (κ2) is 6.54. The summed E-state index contributed by atoms with van der Waals surface area (Å²) in [5.74, 6) is 0.894. The third kappa shape index (κ3) is 3.27. The molecule has 1 aliphatic carbocycles. The van der Waals surface area contributed by atoms with Gasteiger partial charge in [-0.15, -0.1) is 0 Å². The van der Waals surface area contributed by atoms with E-state index in [0.717, 1.165) is 38.8 Å². The summed E-state index contributed by atoms with van der Waals surface area (Å²) in [5, 5.41) is 2.87. The second-order valence-electron chi connectivity index (χ2n) is 6.96. The molecule has 1 saturated carbocycles. The predicted octanol–water partition coefficient (Wildman–Crippen LogP) is 0.557. The Hall–Kier alpha value is -1.14. The highest BCUT2D eigenvalue weighted by Gasteiger charge is 2.49. The highest BCUT2D eigenvalue weighted by molar-refractivity contribution is 5.80. The maximum absolute atomic E-state index is 12.1. The molecule has 2 amide bonds. The Balaban J connectivity index is 1.36. The molecule has 0 aromatic carbocycles. The molecule has 0 unspecified atom stereocenters. The molecule has 0 bridgehead atoms. The van der Waals surface area contributed by atoms with Crippen LogP contribution in [0.1, 0.15) is 32.1 Å². The van der Waals surface area contributed by atoms with E-state index < -0.39 is 0 Å². The van der Waals surface area contributed by atoms with Gasteiger partial charge in [0, 0.05) is 19.6 Å². The first-order valence-corrected chi connectivity index (χ1v) is 8.30. The fraction of sp³-hybridized carbons (Fsp3) is 0.875. The quantitative estimate of drug-likeness (QED) is 0.805. The number of hydrogen-bond donors (Lipinski definition) is 1. The molecule has 0 aromatic rings. The normalized spacial score (nSPS) is 27.1. The molecule has 1 atom stereocenters. The van der Waals surface area contributed by atoms with Gasteiger partial charge in [0.1, 0.15) is 12.2 Å². The van der Waals surface area contributed by atoms with Gasteiger partial charge in [-0.2, -0.15) is 0 Å². The first-order valence-electron chi connectivity index (χ1n) is 8.30. The van der Waals surface area contributed by atoms with Gasteiger partial charge in [-0.3, -0.25) is 9.59 Å². The number of nitrogens with one attached hydrogen (secondary N) is 1. The largest absolute Gasteiger partial charge is 0.375 e. The van der Waals surface area contributed by atoms with Gasteiger partial charge >= 0.3 is 0 Å². The molecule has 1 spiro atoms. The number of nitrogens with zero attached hydrogens (tertiary/aromatic N) is 1. The highest BCUT2D eigenvalue weighted by Crippen LogP contribution is 2.38. The van der Waals surface area contributed by atoms with Crippen LogP contribution in [0.3, 0.4) is 0 Å². The molecule has 0 aromatic heterocycles. The van der Waals surface area contributed by atoms with Crippen LogP contribution in [0.4, 0.5) is 0 Å². The molecule has 3 fully saturated rings. The van der Waals surface area contributed by atoms with E-state index in [4.69, 9.17) is 9.47 Å². The third-order valence-electron chi connectivity index (χ3n) is 5.22. The number of ether oxygens (including phenoxy) is 2. The molecule has 22 heavy (non-hydrogen) atoms. The summed E-state index contributed by atoms with van der Waals surface area (Å²) in [7, 11) is 1.51. The fourth-order valence-electron chi connectivity index (χ4n) is 3.49. The number of carbonyl (C=O) groups is 2. The summed E-state index contributed by atoms with van der Waals surface area (Å²) in [4.78, 5) is 25.5. The number of methoxy groups -OCH3 is 1. The van der Waals surface area contributed by atoms with Crippen molar-refractivity contribution in [1.29, 1.82) is 0 Å². The van der Waals surface area contributed by atoms with Crippen LogP contribution in [0.15, 0.2) is 0 Å². The summed E-state index contributed by atoms with van der Waals surface area (Å²) in [6.07, 6.45) is 5.34. The molecule has 3 rings (SSSR count). The zero-order valence-electron chi connectivity index (χ0n) is 13.3. The Morgan fingerprint density at radius 2 is 2.09 bits per heavy atom. The Bertz CT molecular complexity index is 420. The summed E-state index contributed by atoms with van der Waals surface area (Å²) in [6, 6.07) is 0. The minimum absolute atomic E-state index is 0.0799. The zero-order valence-corrected chi connectivity index (χ0v) is 13.3. The molecule has 6 heteroatoms. The summed E-state index contributed by atoms with van der Waals surface area (Å²) in [5.41, 5.74) is -0.105. The first-order chi connectivity index (χ1) is 10.6. The predicted molar refractivity (Wildman–Crippen MR) is 80.2 cm³/mol. The van der Waals surface area contributed by atoms with Crippen molar-refractivity contribution in [3.63, 3.8) is 0 Å². The Labute approximate surface area is 131 Å². The molecule has 2 aliphatic heterocycles. The molecule has 6 nitrogen and oxygen atoms in total. The number of carbonyl (C=O) groups excluding carboxylic acids is 2. The van der Waals surface area contributed by atoms with E-state index in [1.165, 1.54) is 13.5 Å². The first kappa shape index (κ1) is 15.7. The lowest BCUT2D eigenvalue weighted by Crippen LogP contribution is -2.67. The molecule has 3 aliphatic rings. The number of rotatable bonds is 5. The van der Waals surface area contributed by atoms with Crippen LogP contribution in [0.5, 0.6) is 0 Å². The van der Waals surface area contributed by atoms with Gasteiger partial charge in [-0.1, -0.05) is 6.42 Å². The van der Waals surface area contributed by atoms with Crippen LogP contribution in [-0.2, 0) is 19.1 Å². The zero-order chi connectivity index (χ0) is 15.6. The van der Waals surface area contributed by atoms with Gasteiger partial charge in [0.25, 0.3) is 0 Å². The van der Waals surface area contributed by atoms with E-state index in [1.54, 1.807) is 0 Å². The lowest BCUT2D eigenvalue weighted by atomic mass is 9.79. The lowest BCUT2D eigenvalue weighted by molar-refractivity contribution is -0.192. The smallest absolute Gasteiger partial charge is 0.245 e. The number of amides is 2. The van der Waals surface area contributed by atoms with Crippen LogP contribution in [0.2, 0.25) is 0 Å². The SMILES string of the molecule is COCC(=O)NC[C@H]1CCC2(CN(C(=O)C3CCC3)C2)OC1. The van der Waals surface area contributed by atoms with Gasteiger partial charge in [0.15, 0.2) is 0 Å². The minimum Gasteiger partial charge on any atom is -0.375 e. The van der Waals surface area contributed by atoms with Gasteiger partial charge in [0.2, 0.25) is 11.8 Å². The molecule has 2 heterocycles. The number of likely N-dealkylation sites (tertiary alicyclic amines) is 1. The maximum Gasteiger partial charge on any atom is 0.245 e. The Morgan fingerprint density at radius 3 is 2.64 bits per heavy atom. The van der Waals surface area contributed by atoms with Crippen molar-refractivity contribution in [3.05, 3.63) is 0 Å². The van der Waals surface area contributed by atoms with E-state index in [0.29, 0.717) is 25.0 Å². The molecular weight excluding hydrogens is 284 g/mol. The highest BCUT2D eigenvalue weighted by atomic mass is 16.5. The minimum atomic E-state index is -0.105. The van der Waals surface area contributed by atoms with Gasteiger partial charge < -0.3 is 19.7 Å². The monoisotopic (exact) mass is 310 g/mol. The number of hydrogen-bond acceptors (Lipinski definition) is 4. The van der Waals surface area contributed by atoms with Crippen LogP contribution in [-0.4, -0.2) is 62.3 Å². The Morgan fingerprint density at radius 1 is 1.32 bits per heavy atom. The lowest BCUT2D eigenvalue weighted by Gasteiger charge is -2.54. The Kier molecular flexibility index (Phi) is 4.68. The van der Waals surface area contributed by atoms with Crippen LogP contribution in [0, 0.1) is 11.8 Å². The van der Waals surface area contributed by atoms with E-state index >= 15 is 0 Å². The van der Waals surface area contributed by atoms with E-state index in [1.807, 2.05) is 4.90 Å². The van der Waals surface area contributed by atoms with Crippen molar-refractivity contribution in [2.45, 2.75) is 37.7 Å². The van der Waals surface area contributed by atoms with Gasteiger partial charge in [0.05, 0.1) is 19.7 Å². The van der Waals surface area contributed by atoms with E-state index in [-0.39, 0.29) is 24.0 Å². The topological polar surface area (TPSA) is 67.9 Å². The van der Waals surface area contributed by atoms with Crippen LogP contribution >= 0.6 is 0 Å². The molecule has 124 valence electrons. The molecule has 2 saturated heterocycles. The third-order valence-corrected chi connectivity index (χ3v) is 5.22. The van der Waals surface area contributed by atoms with E-state index in [9.17, 15) is 9.59 Å². The van der Waals surface area contributed by atoms with Crippen molar-refractivity contribution in [2.24, 2.45) is 11.8 Å². The molecule has 0 radical (unpaired) electrons. The van der Waals surface area contributed by atoms with Crippen LogP contribution < -0.4 is 5.32 Å². The van der Waals surface area contributed by atoms with Crippen molar-refractivity contribution in [3.8, 4) is 0 Å². The molecular formula is C16H26N2O4. The van der Waals surface area contributed by atoms with Crippen molar-refractivity contribution < 1.29 is 19.1 Å². The average Bonchev–Trinajstić information content (AvgIpc) is 2.41. The molecule has 1 N–H and O–H groups in total.